The Morgan fingerprint density at radius 1 is 1.59 bits per heavy atom. The predicted molar refractivity (Wildman–Crippen MR) is 77.0 cm³/mol. The Morgan fingerprint density at radius 2 is 2.29 bits per heavy atom. The summed E-state index contributed by atoms with van der Waals surface area (Å²) in [5, 5.41) is 1.03. The molecule has 0 saturated carbocycles. The van der Waals surface area contributed by atoms with Crippen LogP contribution in [-0.4, -0.2) is 37.2 Å². The van der Waals surface area contributed by atoms with Crippen molar-refractivity contribution in [3.05, 3.63) is 10.6 Å². The molecule has 0 fully saturated rings. The Labute approximate surface area is 112 Å². The molecule has 0 amide bonds. The Kier molecular flexibility index (Phi) is 6.26. The summed E-state index contributed by atoms with van der Waals surface area (Å²) in [4.78, 5) is 7.93. The minimum atomic E-state index is 0.470. The monoisotopic (exact) mass is 275 g/mol. The number of hydrogen-bond acceptors (Lipinski definition) is 6. The molecule has 0 saturated heterocycles. The van der Waals surface area contributed by atoms with Crippen LogP contribution in [0.1, 0.15) is 17.5 Å². The fraction of sp³-hybridized carbons (Fsp3) is 0.727. The first-order valence-electron chi connectivity index (χ1n) is 5.53. The Hall–Kier alpha value is -0.300. The normalized spacial score (nSPS) is 12.8. The summed E-state index contributed by atoms with van der Waals surface area (Å²) in [5.41, 5.74) is 6.69. The summed E-state index contributed by atoms with van der Waals surface area (Å²) in [5.74, 6) is 1.09. The summed E-state index contributed by atoms with van der Waals surface area (Å²) in [7, 11) is 3.76. The molecule has 0 aliphatic rings. The maximum atomic E-state index is 5.72. The molecule has 0 radical (unpaired) electrons. The third-order valence-electron chi connectivity index (χ3n) is 2.60. The molecule has 1 atom stereocenters. The minimum Gasteiger partial charge on any atom is -0.378 e. The number of rotatable bonds is 7. The van der Waals surface area contributed by atoms with Gasteiger partial charge in [-0.25, -0.2) is 4.98 Å². The summed E-state index contributed by atoms with van der Waals surface area (Å²) < 4.78 is 5.14. The van der Waals surface area contributed by atoms with Crippen molar-refractivity contribution in [3.63, 3.8) is 0 Å². The van der Waals surface area contributed by atoms with Crippen molar-refractivity contribution in [3.8, 4) is 0 Å². The third kappa shape index (κ3) is 3.84. The smallest absolute Gasteiger partial charge is 0.185 e. The van der Waals surface area contributed by atoms with E-state index in [1.807, 2.05) is 11.8 Å². The number of nitrogens with zero attached hydrogens (tertiary/aromatic N) is 2. The summed E-state index contributed by atoms with van der Waals surface area (Å²) in [6, 6.07) is 0.470. The van der Waals surface area contributed by atoms with Crippen molar-refractivity contribution in [1.29, 1.82) is 0 Å². The van der Waals surface area contributed by atoms with Crippen LogP contribution in [0.4, 0.5) is 5.13 Å². The SMILES string of the molecule is COCc1nc(N(C)C(C)CSC)sc1CN. The van der Waals surface area contributed by atoms with Crippen molar-refractivity contribution >= 4 is 28.2 Å². The van der Waals surface area contributed by atoms with Gasteiger partial charge >= 0.3 is 0 Å². The van der Waals surface area contributed by atoms with E-state index < -0.39 is 0 Å². The predicted octanol–water partition coefficient (Wildman–Crippen LogP) is 1.94. The first-order chi connectivity index (χ1) is 8.13. The molecule has 0 bridgehead atoms. The molecule has 2 N–H and O–H groups in total. The summed E-state index contributed by atoms with van der Waals surface area (Å²) in [6.45, 7) is 3.27. The van der Waals surface area contributed by atoms with E-state index in [9.17, 15) is 0 Å². The van der Waals surface area contributed by atoms with Crippen molar-refractivity contribution < 1.29 is 4.74 Å². The number of thiazole rings is 1. The summed E-state index contributed by atoms with van der Waals surface area (Å²) >= 11 is 3.51. The molecule has 1 heterocycles. The van der Waals surface area contributed by atoms with E-state index in [2.05, 4.69) is 30.1 Å². The van der Waals surface area contributed by atoms with Crippen LogP contribution in [-0.2, 0) is 17.9 Å². The topological polar surface area (TPSA) is 51.4 Å². The van der Waals surface area contributed by atoms with E-state index in [4.69, 9.17) is 10.5 Å². The maximum absolute atomic E-state index is 5.72. The number of aromatic nitrogens is 1. The second-order valence-corrected chi connectivity index (χ2v) is 5.89. The number of thioether (sulfide) groups is 1. The molecule has 6 heteroatoms. The molecular weight excluding hydrogens is 254 g/mol. The standard InChI is InChI=1S/C11H21N3OS2/c1-8(7-16-4)14(2)11-13-9(6-15-3)10(5-12)17-11/h8H,5-7,12H2,1-4H3. The van der Waals surface area contributed by atoms with Gasteiger partial charge in [0.15, 0.2) is 5.13 Å². The molecule has 98 valence electrons. The average molecular weight is 275 g/mol. The van der Waals surface area contributed by atoms with E-state index in [1.165, 1.54) is 0 Å². The molecule has 0 aromatic carbocycles. The molecular formula is C11H21N3OS2. The Bertz CT molecular complexity index is 343. The third-order valence-corrected chi connectivity index (χ3v) is 4.63. The van der Waals surface area contributed by atoms with E-state index in [0.29, 0.717) is 19.2 Å². The lowest BCUT2D eigenvalue weighted by molar-refractivity contribution is 0.181. The molecule has 1 unspecified atom stereocenters. The molecule has 17 heavy (non-hydrogen) atoms. The van der Waals surface area contributed by atoms with E-state index in [-0.39, 0.29) is 0 Å². The fourth-order valence-electron chi connectivity index (χ4n) is 1.47. The first kappa shape index (κ1) is 14.8. The highest BCUT2D eigenvalue weighted by molar-refractivity contribution is 7.98. The number of methoxy groups -OCH3 is 1. The fourth-order valence-corrected chi connectivity index (χ4v) is 3.18. The zero-order valence-electron chi connectivity index (χ0n) is 10.9. The Balaban J connectivity index is 2.83. The second-order valence-electron chi connectivity index (χ2n) is 3.92. The number of hydrogen-bond donors (Lipinski definition) is 1. The zero-order chi connectivity index (χ0) is 12.8. The van der Waals surface area contributed by atoms with Crippen LogP contribution in [0.5, 0.6) is 0 Å². The molecule has 0 aliphatic carbocycles. The number of anilines is 1. The van der Waals surface area contributed by atoms with Gasteiger partial charge in [-0.3, -0.25) is 0 Å². The van der Waals surface area contributed by atoms with Crippen LogP contribution in [0.25, 0.3) is 0 Å². The molecule has 0 spiro atoms. The lowest BCUT2D eigenvalue weighted by Crippen LogP contribution is -2.30. The van der Waals surface area contributed by atoms with Gasteiger partial charge in [0.1, 0.15) is 0 Å². The van der Waals surface area contributed by atoms with Crippen molar-refractivity contribution in [1.82, 2.24) is 4.98 Å². The quantitative estimate of drug-likeness (QED) is 0.824. The van der Waals surface area contributed by atoms with Crippen LogP contribution >= 0.6 is 23.1 Å². The highest BCUT2D eigenvalue weighted by Crippen LogP contribution is 2.27. The van der Waals surface area contributed by atoms with Gasteiger partial charge in [-0.2, -0.15) is 11.8 Å². The lowest BCUT2D eigenvalue weighted by Gasteiger charge is -2.23. The maximum Gasteiger partial charge on any atom is 0.185 e. The van der Waals surface area contributed by atoms with Crippen LogP contribution < -0.4 is 10.6 Å². The Morgan fingerprint density at radius 3 is 2.82 bits per heavy atom. The molecule has 1 rings (SSSR count). The van der Waals surface area contributed by atoms with Crippen molar-refractivity contribution in [2.75, 3.05) is 31.1 Å². The average Bonchev–Trinajstić information content (AvgIpc) is 2.72. The van der Waals surface area contributed by atoms with Gasteiger partial charge in [-0.15, -0.1) is 11.3 Å². The van der Waals surface area contributed by atoms with Crippen molar-refractivity contribution in [2.45, 2.75) is 26.1 Å². The van der Waals surface area contributed by atoms with Crippen LogP contribution in [0.3, 0.4) is 0 Å². The van der Waals surface area contributed by atoms with Gasteiger partial charge in [0, 0.05) is 37.4 Å². The number of ether oxygens (including phenoxy) is 1. The van der Waals surface area contributed by atoms with Crippen LogP contribution in [0.2, 0.25) is 0 Å². The van der Waals surface area contributed by atoms with Gasteiger partial charge in [0.25, 0.3) is 0 Å². The van der Waals surface area contributed by atoms with E-state index in [0.717, 1.165) is 21.5 Å². The lowest BCUT2D eigenvalue weighted by atomic mass is 10.3. The van der Waals surface area contributed by atoms with Crippen molar-refractivity contribution in [2.24, 2.45) is 5.73 Å². The molecule has 4 nitrogen and oxygen atoms in total. The van der Waals surface area contributed by atoms with Gasteiger partial charge in [-0.1, -0.05) is 0 Å². The first-order valence-corrected chi connectivity index (χ1v) is 7.74. The van der Waals surface area contributed by atoms with Gasteiger partial charge < -0.3 is 15.4 Å². The van der Waals surface area contributed by atoms with Gasteiger partial charge in [-0.05, 0) is 13.2 Å². The molecule has 1 aromatic heterocycles. The zero-order valence-corrected chi connectivity index (χ0v) is 12.5. The number of nitrogens with two attached hydrogens (primary N) is 1. The highest BCUT2D eigenvalue weighted by atomic mass is 32.2. The van der Waals surface area contributed by atoms with E-state index in [1.54, 1.807) is 18.4 Å². The minimum absolute atomic E-state index is 0.470. The van der Waals surface area contributed by atoms with E-state index >= 15 is 0 Å². The second kappa shape index (κ2) is 7.20. The summed E-state index contributed by atoms with van der Waals surface area (Å²) in [6.07, 6.45) is 2.12. The molecule has 0 aliphatic heterocycles. The molecule has 1 aromatic rings. The van der Waals surface area contributed by atoms with Crippen LogP contribution in [0, 0.1) is 0 Å². The van der Waals surface area contributed by atoms with Crippen LogP contribution in [0.15, 0.2) is 0 Å². The largest absolute Gasteiger partial charge is 0.378 e. The van der Waals surface area contributed by atoms with Gasteiger partial charge in [0.05, 0.1) is 12.3 Å². The van der Waals surface area contributed by atoms with Gasteiger partial charge in [0.2, 0.25) is 0 Å². The highest BCUT2D eigenvalue weighted by Gasteiger charge is 2.16.